The van der Waals surface area contributed by atoms with Crippen LogP contribution in [0.3, 0.4) is 0 Å². The fourth-order valence-corrected chi connectivity index (χ4v) is 1.78. The molecule has 19 heavy (non-hydrogen) atoms. The molecule has 1 aromatic heterocycles. The molecule has 0 saturated carbocycles. The van der Waals surface area contributed by atoms with Crippen LogP contribution in [0.2, 0.25) is 0 Å². The van der Waals surface area contributed by atoms with E-state index in [1.807, 2.05) is 0 Å². The summed E-state index contributed by atoms with van der Waals surface area (Å²) in [6.45, 7) is 0. The van der Waals surface area contributed by atoms with Crippen LogP contribution in [0.4, 0.5) is 8.78 Å². The number of aromatic amines is 1. The van der Waals surface area contributed by atoms with E-state index in [0.29, 0.717) is 22.8 Å². The number of hydrogen-bond donors (Lipinski definition) is 1. The second-order valence-electron chi connectivity index (χ2n) is 4.03. The van der Waals surface area contributed by atoms with Crippen LogP contribution in [0.5, 0.6) is 0 Å². The van der Waals surface area contributed by atoms with Crippen LogP contribution in [0.25, 0.3) is 22.8 Å². The van der Waals surface area contributed by atoms with Gasteiger partial charge in [-0.15, -0.1) is 0 Å². The molecule has 0 aliphatic heterocycles. The Morgan fingerprint density at radius 3 is 2.16 bits per heavy atom. The lowest BCUT2D eigenvalue weighted by molar-refractivity contribution is 0.628. The molecule has 0 bridgehead atoms. The number of H-pyrrole nitrogens is 1. The van der Waals surface area contributed by atoms with E-state index in [1.165, 1.54) is 24.3 Å². The molecule has 3 rings (SSSR count). The normalized spacial score (nSPS) is 10.6. The molecule has 0 aliphatic rings. The fraction of sp³-hybridized carbons (Fsp3) is 0. The van der Waals surface area contributed by atoms with Crippen LogP contribution >= 0.6 is 0 Å². The van der Waals surface area contributed by atoms with Gasteiger partial charge in [-0.2, -0.15) is 5.10 Å². The second-order valence-corrected chi connectivity index (χ2v) is 4.03. The third-order valence-electron chi connectivity index (χ3n) is 2.67. The van der Waals surface area contributed by atoms with Crippen molar-refractivity contribution in [3.63, 3.8) is 0 Å². The van der Waals surface area contributed by atoms with Gasteiger partial charge in [0.05, 0.1) is 0 Å². The van der Waals surface area contributed by atoms with Gasteiger partial charge in [0.1, 0.15) is 11.6 Å². The molecule has 0 amide bonds. The van der Waals surface area contributed by atoms with Crippen molar-refractivity contribution in [1.82, 2.24) is 15.2 Å². The first-order valence-electron chi connectivity index (χ1n) is 5.67. The highest BCUT2D eigenvalue weighted by Crippen LogP contribution is 2.20. The lowest BCUT2D eigenvalue weighted by Gasteiger charge is -1.95. The maximum absolute atomic E-state index is 13.1. The van der Waals surface area contributed by atoms with E-state index in [-0.39, 0.29) is 11.6 Å². The summed E-state index contributed by atoms with van der Waals surface area (Å²) in [5.74, 6) is 0.119. The van der Waals surface area contributed by atoms with Crippen LogP contribution in [-0.4, -0.2) is 15.2 Å². The minimum absolute atomic E-state index is 0.346. The van der Waals surface area contributed by atoms with Crippen molar-refractivity contribution in [3.05, 3.63) is 60.2 Å². The third-order valence-corrected chi connectivity index (χ3v) is 2.67. The van der Waals surface area contributed by atoms with Crippen molar-refractivity contribution < 1.29 is 8.78 Å². The predicted octanol–water partition coefficient (Wildman–Crippen LogP) is 3.42. The van der Waals surface area contributed by atoms with Crippen molar-refractivity contribution in [3.8, 4) is 22.8 Å². The minimum Gasteiger partial charge on any atom is -0.259 e. The molecule has 1 N–H and O–H groups in total. The first-order valence-corrected chi connectivity index (χ1v) is 5.67. The van der Waals surface area contributed by atoms with Crippen LogP contribution < -0.4 is 0 Å². The lowest BCUT2D eigenvalue weighted by Crippen LogP contribution is -1.83. The zero-order chi connectivity index (χ0) is 13.2. The summed E-state index contributed by atoms with van der Waals surface area (Å²) in [4.78, 5) is 4.23. The zero-order valence-corrected chi connectivity index (χ0v) is 9.77. The molecule has 0 atom stereocenters. The van der Waals surface area contributed by atoms with Crippen LogP contribution in [0.15, 0.2) is 48.5 Å². The molecule has 0 spiro atoms. The average molecular weight is 257 g/mol. The number of hydrogen-bond acceptors (Lipinski definition) is 2. The maximum Gasteiger partial charge on any atom is 0.181 e. The fourth-order valence-electron chi connectivity index (χ4n) is 1.78. The number of nitrogens with one attached hydrogen (secondary N) is 1. The Hall–Kier alpha value is -2.56. The number of benzene rings is 2. The zero-order valence-electron chi connectivity index (χ0n) is 9.77. The van der Waals surface area contributed by atoms with E-state index >= 15 is 0 Å². The minimum atomic E-state index is -0.352. The van der Waals surface area contributed by atoms with Gasteiger partial charge in [-0.05, 0) is 24.3 Å². The highest BCUT2D eigenvalue weighted by molar-refractivity contribution is 5.61. The number of rotatable bonds is 2. The molecule has 94 valence electrons. The monoisotopic (exact) mass is 257 g/mol. The summed E-state index contributed by atoms with van der Waals surface area (Å²) >= 11 is 0. The summed E-state index contributed by atoms with van der Waals surface area (Å²) in [7, 11) is 0. The first kappa shape index (κ1) is 11.5. The van der Waals surface area contributed by atoms with Crippen LogP contribution in [0.1, 0.15) is 0 Å². The molecule has 3 aromatic rings. The highest BCUT2D eigenvalue weighted by Gasteiger charge is 2.08. The first-order chi connectivity index (χ1) is 9.22. The molecule has 0 radical (unpaired) electrons. The van der Waals surface area contributed by atoms with Gasteiger partial charge in [0.15, 0.2) is 11.6 Å². The van der Waals surface area contributed by atoms with E-state index in [9.17, 15) is 8.78 Å². The highest BCUT2D eigenvalue weighted by atomic mass is 19.1. The molecule has 1 heterocycles. The van der Waals surface area contributed by atoms with Crippen molar-refractivity contribution >= 4 is 0 Å². The Morgan fingerprint density at radius 1 is 0.842 bits per heavy atom. The van der Waals surface area contributed by atoms with E-state index in [4.69, 9.17) is 0 Å². The van der Waals surface area contributed by atoms with E-state index < -0.39 is 0 Å². The molecule has 2 aromatic carbocycles. The quantitative estimate of drug-likeness (QED) is 0.764. The van der Waals surface area contributed by atoms with Gasteiger partial charge in [0, 0.05) is 11.1 Å². The molecule has 0 fully saturated rings. The molecule has 0 unspecified atom stereocenters. The van der Waals surface area contributed by atoms with E-state index in [2.05, 4.69) is 15.2 Å². The average Bonchev–Trinajstić information content (AvgIpc) is 2.88. The second kappa shape index (κ2) is 4.61. The van der Waals surface area contributed by atoms with Gasteiger partial charge in [0.25, 0.3) is 0 Å². The smallest absolute Gasteiger partial charge is 0.181 e. The van der Waals surface area contributed by atoms with Crippen molar-refractivity contribution in [2.24, 2.45) is 0 Å². The van der Waals surface area contributed by atoms with E-state index in [0.717, 1.165) is 0 Å². The molecule has 5 heteroatoms. The lowest BCUT2D eigenvalue weighted by atomic mass is 10.2. The molecule has 0 saturated heterocycles. The van der Waals surface area contributed by atoms with Gasteiger partial charge in [-0.3, -0.25) is 5.10 Å². The van der Waals surface area contributed by atoms with Gasteiger partial charge in [-0.1, -0.05) is 24.3 Å². The summed E-state index contributed by atoms with van der Waals surface area (Å²) in [6, 6.07) is 12.0. The van der Waals surface area contributed by atoms with Crippen molar-refractivity contribution in [1.29, 1.82) is 0 Å². The Labute approximate surface area is 107 Å². The van der Waals surface area contributed by atoms with Gasteiger partial charge < -0.3 is 0 Å². The Kier molecular flexibility index (Phi) is 2.79. The number of nitrogens with zero attached hydrogens (tertiary/aromatic N) is 2. The Bertz CT molecular complexity index is 662. The van der Waals surface area contributed by atoms with Gasteiger partial charge in [-0.25, -0.2) is 13.8 Å². The molecule has 0 aliphatic carbocycles. The summed E-state index contributed by atoms with van der Waals surface area (Å²) < 4.78 is 26.2. The SMILES string of the molecule is Fc1cccc(-c2n[nH]c(-c3cccc(F)c3)n2)c1. The molecule has 3 nitrogen and oxygen atoms in total. The van der Waals surface area contributed by atoms with Crippen LogP contribution in [-0.2, 0) is 0 Å². The summed E-state index contributed by atoms with van der Waals surface area (Å²) in [5.41, 5.74) is 1.16. The van der Waals surface area contributed by atoms with E-state index in [1.54, 1.807) is 24.3 Å². The molecular weight excluding hydrogens is 248 g/mol. The Balaban J connectivity index is 2.00. The molecular formula is C14H9F2N3. The van der Waals surface area contributed by atoms with Crippen LogP contribution in [0, 0.1) is 11.6 Å². The van der Waals surface area contributed by atoms with Crippen molar-refractivity contribution in [2.45, 2.75) is 0 Å². The van der Waals surface area contributed by atoms with Crippen molar-refractivity contribution in [2.75, 3.05) is 0 Å². The largest absolute Gasteiger partial charge is 0.259 e. The van der Waals surface area contributed by atoms with Gasteiger partial charge in [0.2, 0.25) is 0 Å². The number of aromatic nitrogens is 3. The predicted molar refractivity (Wildman–Crippen MR) is 67.2 cm³/mol. The summed E-state index contributed by atoms with van der Waals surface area (Å²) in [6.07, 6.45) is 0. The Morgan fingerprint density at radius 2 is 1.47 bits per heavy atom. The topological polar surface area (TPSA) is 41.6 Å². The summed E-state index contributed by atoms with van der Waals surface area (Å²) in [5, 5.41) is 6.73. The third kappa shape index (κ3) is 2.35. The standard InChI is InChI=1S/C14H9F2N3/c15-11-5-1-3-9(7-11)13-17-14(19-18-13)10-4-2-6-12(16)8-10/h1-8H,(H,17,18,19). The maximum atomic E-state index is 13.1. The van der Waals surface area contributed by atoms with Gasteiger partial charge >= 0.3 is 0 Å². The number of halogens is 2.